The summed E-state index contributed by atoms with van der Waals surface area (Å²) in [5.41, 5.74) is 2.52. The Morgan fingerprint density at radius 1 is 1.18 bits per heavy atom. The molecule has 1 saturated heterocycles. The molecule has 9 heteroatoms. The van der Waals surface area contributed by atoms with Gasteiger partial charge in [0.05, 0.1) is 19.3 Å². The first kappa shape index (κ1) is 24.1. The number of ether oxygens (including phenoxy) is 3. The number of aryl methyl sites for hydroxylation is 1. The van der Waals surface area contributed by atoms with Crippen molar-refractivity contribution < 1.29 is 14.2 Å². The van der Waals surface area contributed by atoms with Gasteiger partial charge in [-0.3, -0.25) is 9.67 Å². The zero-order valence-corrected chi connectivity index (χ0v) is 21.8. The number of aromatic nitrogens is 2. The smallest absolute Gasteiger partial charge is 0.193 e. The Bertz CT molecular complexity index is 973. The Morgan fingerprint density at radius 3 is 2.70 bits per heavy atom. The van der Waals surface area contributed by atoms with Crippen molar-refractivity contribution in [1.82, 2.24) is 20.0 Å². The van der Waals surface area contributed by atoms with Crippen LogP contribution < -0.4 is 14.8 Å². The lowest BCUT2D eigenvalue weighted by atomic mass is 9.78. The molecule has 1 aliphatic carbocycles. The average molecular weight is 567 g/mol. The van der Waals surface area contributed by atoms with Gasteiger partial charge in [0.25, 0.3) is 0 Å². The van der Waals surface area contributed by atoms with Crippen molar-refractivity contribution in [2.75, 3.05) is 46.5 Å². The molecule has 180 valence electrons. The van der Waals surface area contributed by atoms with Crippen LogP contribution in [0.5, 0.6) is 11.5 Å². The number of morpholine rings is 1. The van der Waals surface area contributed by atoms with E-state index in [1.807, 2.05) is 31.2 Å². The monoisotopic (exact) mass is 567 g/mol. The summed E-state index contributed by atoms with van der Waals surface area (Å²) >= 11 is 0. The van der Waals surface area contributed by atoms with Crippen molar-refractivity contribution in [3.05, 3.63) is 41.7 Å². The van der Waals surface area contributed by atoms with Gasteiger partial charge in [0.2, 0.25) is 0 Å². The number of hydrogen-bond donors (Lipinski definition) is 1. The third kappa shape index (κ3) is 5.08. The van der Waals surface area contributed by atoms with Crippen LogP contribution in [-0.2, 0) is 17.2 Å². The summed E-state index contributed by atoms with van der Waals surface area (Å²) in [6, 6.07) is 6.48. The molecule has 1 unspecified atom stereocenters. The summed E-state index contributed by atoms with van der Waals surface area (Å²) < 4.78 is 19.4. The number of hydrogen-bond acceptors (Lipinski definition) is 5. The quantitative estimate of drug-likeness (QED) is 0.348. The standard InChI is InChI=1S/C24H33N5O3.HI/c1-25-23(29-9-10-30-22(16-29)18-14-27-28(2)15-18)26-17-24(7-3-4-8-24)19-5-6-20-21(13-19)32-12-11-31-20;/h5-6,13-15,22H,3-4,7-12,16-17H2,1-2H3,(H,25,26);1H. The molecule has 2 fully saturated rings. The third-order valence-corrected chi connectivity index (χ3v) is 6.97. The molecule has 2 aliphatic heterocycles. The molecule has 1 aromatic carbocycles. The molecule has 1 atom stereocenters. The van der Waals surface area contributed by atoms with Crippen LogP contribution in [0.25, 0.3) is 0 Å². The number of rotatable bonds is 4. The maximum absolute atomic E-state index is 6.02. The van der Waals surface area contributed by atoms with Gasteiger partial charge in [0, 0.05) is 44.4 Å². The van der Waals surface area contributed by atoms with Gasteiger partial charge < -0.3 is 24.4 Å². The van der Waals surface area contributed by atoms with Crippen molar-refractivity contribution in [1.29, 1.82) is 0 Å². The van der Waals surface area contributed by atoms with Gasteiger partial charge >= 0.3 is 0 Å². The Labute approximate surface area is 212 Å². The van der Waals surface area contributed by atoms with Gasteiger partial charge in [-0.1, -0.05) is 18.9 Å². The van der Waals surface area contributed by atoms with Crippen molar-refractivity contribution >= 4 is 29.9 Å². The molecule has 3 heterocycles. The third-order valence-electron chi connectivity index (χ3n) is 6.97. The van der Waals surface area contributed by atoms with Crippen LogP contribution in [0.1, 0.15) is 42.9 Å². The molecule has 2 aromatic rings. The molecule has 3 aliphatic rings. The van der Waals surface area contributed by atoms with Crippen molar-refractivity contribution in [2.45, 2.75) is 37.2 Å². The number of benzene rings is 1. The Hall–Kier alpha value is -2.01. The number of nitrogens with zero attached hydrogens (tertiary/aromatic N) is 4. The highest BCUT2D eigenvalue weighted by atomic mass is 127. The van der Waals surface area contributed by atoms with Crippen LogP contribution >= 0.6 is 24.0 Å². The van der Waals surface area contributed by atoms with Gasteiger partial charge in [-0.25, -0.2) is 0 Å². The number of guanidine groups is 1. The fourth-order valence-electron chi connectivity index (χ4n) is 5.22. The van der Waals surface area contributed by atoms with Crippen LogP contribution in [-0.4, -0.2) is 67.1 Å². The first-order valence-electron chi connectivity index (χ1n) is 11.6. The molecule has 5 rings (SSSR count). The molecule has 1 aromatic heterocycles. The molecule has 1 saturated carbocycles. The number of halogens is 1. The number of nitrogens with one attached hydrogen (secondary N) is 1. The van der Waals surface area contributed by atoms with Crippen LogP contribution in [0.4, 0.5) is 0 Å². The van der Waals surface area contributed by atoms with Gasteiger partial charge in [-0.15, -0.1) is 24.0 Å². The lowest BCUT2D eigenvalue weighted by Crippen LogP contribution is -2.51. The van der Waals surface area contributed by atoms with E-state index in [-0.39, 0.29) is 35.5 Å². The zero-order valence-electron chi connectivity index (χ0n) is 19.5. The summed E-state index contributed by atoms with van der Waals surface area (Å²) in [6.45, 7) is 4.36. The SMILES string of the molecule is CN=C(NCC1(c2ccc3c(c2)OCCO3)CCCC1)N1CCOC(c2cnn(C)c2)C1.I. The maximum Gasteiger partial charge on any atom is 0.193 e. The predicted molar refractivity (Wildman–Crippen MR) is 138 cm³/mol. The molecule has 0 amide bonds. The van der Waals surface area contributed by atoms with Gasteiger partial charge in [0.1, 0.15) is 19.3 Å². The van der Waals surface area contributed by atoms with Crippen LogP contribution in [0.3, 0.4) is 0 Å². The lowest BCUT2D eigenvalue weighted by Gasteiger charge is -2.37. The van der Waals surface area contributed by atoms with Gasteiger partial charge in [-0.2, -0.15) is 5.10 Å². The van der Waals surface area contributed by atoms with E-state index < -0.39 is 0 Å². The van der Waals surface area contributed by atoms with E-state index in [9.17, 15) is 0 Å². The normalized spacial score (nSPS) is 22.1. The average Bonchev–Trinajstić information content (AvgIpc) is 3.49. The predicted octanol–water partition coefficient (Wildman–Crippen LogP) is 3.27. The van der Waals surface area contributed by atoms with Gasteiger partial charge in [0.15, 0.2) is 17.5 Å². The van der Waals surface area contributed by atoms with Crippen LogP contribution in [0, 0.1) is 0 Å². The molecule has 8 nitrogen and oxygen atoms in total. The van der Waals surface area contributed by atoms with E-state index in [1.165, 1.54) is 18.4 Å². The minimum atomic E-state index is 0. The van der Waals surface area contributed by atoms with E-state index in [0.29, 0.717) is 19.8 Å². The number of aliphatic imine (C=N–C) groups is 1. The van der Waals surface area contributed by atoms with E-state index in [2.05, 4.69) is 38.5 Å². The summed E-state index contributed by atoms with van der Waals surface area (Å²) in [7, 11) is 3.80. The van der Waals surface area contributed by atoms with Crippen molar-refractivity contribution in [2.24, 2.45) is 12.0 Å². The second kappa shape index (κ2) is 10.5. The highest BCUT2D eigenvalue weighted by Crippen LogP contribution is 2.44. The second-order valence-electron chi connectivity index (χ2n) is 9.00. The minimum absolute atomic E-state index is 0. The summed E-state index contributed by atoms with van der Waals surface area (Å²) in [6.07, 6.45) is 8.75. The summed E-state index contributed by atoms with van der Waals surface area (Å²) in [5.74, 6) is 2.66. The molecular formula is C24H34IN5O3. The van der Waals surface area contributed by atoms with E-state index in [0.717, 1.165) is 55.5 Å². The van der Waals surface area contributed by atoms with E-state index in [4.69, 9.17) is 14.2 Å². The molecular weight excluding hydrogens is 533 g/mol. The molecule has 1 N–H and O–H groups in total. The van der Waals surface area contributed by atoms with Crippen LogP contribution in [0.15, 0.2) is 35.6 Å². The lowest BCUT2D eigenvalue weighted by molar-refractivity contribution is -0.00811. The minimum Gasteiger partial charge on any atom is -0.486 e. The van der Waals surface area contributed by atoms with Gasteiger partial charge in [-0.05, 0) is 30.5 Å². The molecule has 0 spiro atoms. The topological polar surface area (TPSA) is 73.1 Å². The number of fused-ring (bicyclic) bond motifs is 1. The highest BCUT2D eigenvalue weighted by Gasteiger charge is 2.37. The Kier molecular flexibility index (Phi) is 7.68. The first-order valence-corrected chi connectivity index (χ1v) is 11.6. The summed E-state index contributed by atoms with van der Waals surface area (Å²) in [4.78, 5) is 6.91. The molecule has 0 bridgehead atoms. The maximum atomic E-state index is 6.02. The van der Waals surface area contributed by atoms with Crippen molar-refractivity contribution in [3.8, 4) is 11.5 Å². The Balaban J connectivity index is 0.00000259. The molecule has 0 radical (unpaired) electrons. The fraction of sp³-hybridized carbons (Fsp3) is 0.583. The second-order valence-corrected chi connectivity index (χ2v) is 9.00. The largest absolute Gasteiger partial charge is 0.486 e. The first-order chi connectivity index (χ1) is 15.7. The summed E-state index contributed by atoms with van der Waals surface area (Å²) in [5, 5.41) is 8.00. The fourth-order valence-corrected chi connectivity index (χ4v) is 5.22. The van der Waals surface area contributed by atoms with E-state index in [1.54, 1.807) is 0 Å². The van der Waals surface area contributed by atoms with E-state index >= 15 is 0 Å². The Morgan fingerprint density at radius 2 is 1.97 bits per heavy atom. The highest BCUT2D eigenvalue weighted by molar-refractivity contribution is 14.0. The molecule has 33 heavy (non-hydrogen) atoms. The zero-order chi connectivity index (χ0) is 22.0. The van der Waals surface area contributed by atoms with Crippen molar-refractivity contribution in [3.63, 3.8) is 0 Å². The van der Waals surface area contributed by atoms with Crippen LogP contribution in [0.2, 0.25) is 0 Å².